The largest absolute Gasteiger partial charge is 0.327 e. The molecule has 0 aromatic carbocycles. The van der Waals surface area contributed by atoms with Crippen molar-refractivity contribution in [3.8, 4) is 0 Å². The SMILES string of the molecule is CC1CN2CCCC2CN1CC1(C)CCCC1N. The lowest BCUT2D eigenvalue weighted by atomic mass is 9.84. The molecule has 1 saturated carbocycles. The summed E-state index contributed by atoms with van der Waals surface area (Å²) in [6.45, 7) is 9.93. The highest BCUT2D eigenvalue weighted by atomic mass is 15.3. The summed E-state index contributed by atoms with van der Waals surface area (Å²) in [6, 6.07) is 1.97. The monoisotopic (exact) mass is 251 g/mol. The molecule has 1 aliphatic carbocycles. The van der Waals surface area contributed by atoms with Crippen molar-refractivity contribution in [2.45, 2.75) is 64.1 Å². The maximum atomic E-state index is 6.35. The second-order valence-electron chi connectivity index (χ2n) is 7.22. The Balaban J connectivity index is 1.65. The minimum atomic E-state index is 0.370. The van der Waals surface area contributed by atoms with E-state index in [-0.39, 0.29) is 0 Å². The Labute approximate surface area is 112 Å². The van der Waals surface area contributed by atoms with E-state index in [1.165, 1.54) is 58.3 Å². The first-order valence-corrected chi connectivity index (χ1v) is 7.82. The average Bonchev–Trinajstić information content (AvgIpc) is 2.88. The molecule has 0 amide bonds. The standard InChI is InChI=1S/C15H29N3/c1-12-9-17-8-4-5-13(17)10-18(12)11-15(2)7-3-6-14(15)16/h12-14H,3-11,16H2,1-2H3. The maximum absolute atomic E-state index is 6.35. The molecule has 0 bridgehead atoms. The predicted molar refractivity (Wildman–Crippen MR) is 75.6 cm³/mol. The Kier molecular flexibility index (Phi) is 3.41. The fourth-order valence-electron chi connectivity index (χ4n) is 4.39. The summed E-state index contributed by atoms with van der Waals surface area (Å²) in [4.78, 5) is 5.44. The fraction of sp³-hybridized carbons (Fsp3) is 1.00. The average molecular weight is 251 g/mol. The molecule has 3 rings (SSSR count). The second-order valence-corrected chi connectivity index (χ2v) is 7.22. The van der Waals surface area contributed by atoms with Crippen LogP contribution in [0.3, 0.4) is 0 Å². The normalized spacial score (nSPS) is 46.5. The summed E-state index contributed by atoms with van der Waals surface area (Å²) >= 11 is 0. The molecule has 3 heteroatoms. The molecule has 3 nitrogen and oxygen atoms in total. The van der Waals surface area contributed by atoms with E-state index < -0.39 is 0 Å². The lowest BCUT2D eigenvalue weighted by Gasteiger charge is -2.46. The topological polar surface area (TPSA) is 32.5 Å². The molecule has 2 aliphatic heterocycles. The predicted octanol–water partition coefficient (Wildman–Crippen LogP) is 1.67. The highest BCUT2D eigenvalue weighted by Gasteiger charge is 2.41. The van der Waals surface area contributed by atoms with Gasteiger partial charge in [0.15, 0.2) is 0 Å². The van der Waals surface area contributed by atoms with E-state index in [0.29, 0.717) is 17.5 Å². The van der Waals surface area contributed by atoms with Crippen LogP contribution in [-0.4, -0.2) is 54.1 Å². The Morgan fingerprint density at radius 2 is 2.06 bits per heavy atom. The van der Waals surface area contributed by atoms with Crippen LogP contribution in [0.5, 0.6) is 0 Å². The van der Waals surface area contributed by atoms with Crippen LogP contribution in [0, 0.1) is 5.41 Å². The minimum Gasteiger partial charge on any atom is -0.327 e. The molecule has 3 aliphatic rings. The van der Waals surface area contributed by atoms with Gasteiger partial charge in [-0.15, -0.1) is 0 Å². The highest BCUT2D eigenvalue weighted by Crippen LogP contribution is 2.38. The zero-order chi connectivity index (χ0) is 12.8. The van der Waals surface area contributed by atoms with Crippen LogP contribution in [0.25, 0.3) is 0 Å². The lowest BCUT2D eigenvalue weighted by Crippen LogP contribution is -2.58. The van der Waals surface area contributed by atoms with Crippen molar-refractivity contribution >= 4 is 0 Å². The van der Waals surface area contributed by atoms with Gasteiger partial charge >= 0.3 is 0 Å². The fourth-order valence-corrected chi connectivity index (χ4v) is 4.39. The van der Waals surface area contributed by atoms with Gasteiger partial charge in [0.2, 0.25) is 0 Å². The van der Waals surface area contributed by atoms with Crippen molar-refractivity contribution in [1.29, 1.82) is 0 Å². The Morgan fingerprint density at radius 1 is 1.22 bits per heavy atom. The molecule has 0 spiro atoms. The molecule has 0 aromatic rings. The van der Waals surface area contributed by atoms with E-state index in [0.717, 1.165) is 6.04 Å². The number of hydrogen-bond donors (Lipinski definition) is 1. The van der Waals surface area contributed by atoms with Gasteiger partial charge in [-0.05, 0) is 44.6 Å². The van der Waals surface area contributed by atoms with Gasteiger partial charge in [-0.1, -0.05) is 13.3 Å². The van der Waals surface area contributed by atoms with E-state index in [1.54, 1.807) is 0 Å². The molecule has 2 saturated heterocycles. The molecule has 0 radical (unpaired) electrons. The molecule has 104 valence electrons. The van der Waals surface area contributed by atoms with Gasteiger partial charge in [0.1, 0.15) is 0 Å². The lowest BCUT2D eigenvalue weighted by molar-refractivity contribution is 0.0274. The molecule has 2 heterocycles. The number of fused-ring (bicyclic) bond motifs is 1. The minimum absolute atomic E-state index is 0.370. The van der Waals surface area contributed by atoms with Crippen molar-refractivity contribution in [1.82, 2.24) is 9.80 Å². The molecule has 3 fully saturated rings. The molecule has 18 heavy (non-hydrogen) atoms. The highest BCUT2D eigenvalue weighted by molar-refractivity contribution is 4.97. The van der Waals surface area contributed by atoms with E-state index in [9.17, 15) is 0 Å². The Bertz CT molecular complexity index is 306. The van der Waals surface area contributed by atoms with Gasteiger partial charge in [0.25, 0.3) is 0 Å². The van der Waals surface area contributed by atoms with Gasteiger partial charge in [-0.2, -0.15) is 0 Å². The third kappa shape index (κ3) is 2.21. The van der Waals surface area contributed by atoms with Crippen molar-refractivity contribution in [3.05, 3.63) is 0 Å². The van der Waals surface area contributed by atoms with Crippen LogP contribution in [0.1, 0.15) is 46.0 Å². The first-order valence-electron chi connectivity index (χ1n) is 7.82. The third-order valence-corrected chi connectivity index (χ3v) is 5.79. The van der Waals surface area contributed by atoms with Crippen LogP contribution >= 0.6 is 0 Å². The van der Waals surface area contributed by atoms with Crippen molar-refractivity contribution < 1.29 is 0 Å². The molecule has 2 N–H and O–H groups in total. The first kappa shape index (κ1) is 12.9. The first-order chi connectivity index (χ1) is 8.58. The van der Waals surface area contributed by atoms with Crippen LogP contribution in [0.4, 0.5) is 0 Å². The summed E-state index contributed by atoms with van der Waals surface area (Å²) in [6.07, 6.45) is 6.70. The van der Waals surface area contributed by atoms with Gasteiger partial charge < -0.3 is 5.73 Å². The molecule has 0 aromatic heterocycles. The van der Waals surface area contributed by atoms with Crippen LogP contribution < -0.4 is 5.73 Å². The van der Waals surface area contributed by atoms with E-state index in [2.05, 4.69) is 23.6 Å². The van der Waals surface area contributed by atoms with Crippen LogP contribution in [-0.2, 0) is 0 Å². The van der Waals surface area contributed by atoms with E-state index in [4.69, 9.17) is 5.73 Å². The number of piperazine rings is 1. The zero-order valence-electron chi connectivity index (χ0n) is 12.1. The Morgan fingerprint density at radius 3 is 2.78 bits per heavy atom. The second kappa shape index (κ2) is 4.77. The summed E-state index contributed by atoms with van der Waals surface area (Å²) in [5, 5.41) is 0. The number of nitrogens with zero attached hydrogens (tertiary/aromatic N) is 2. The molecule has 4 atom stereocenters. The number of rotatable bonds is 2. The van der Waals surface area contributed by atoms with Crippen LogP contribution in [0.2, 0.25) is 0 Å². The van der Waals surface area contributed by atoms with Gasteiger partial charge in [-0.25, -0.2) is 0 Å². The summed E-state index contributed by atoms with van der Waals surface area (Å²) in [7, 11) is 0. The summed E-state index contributed by atoms with van der Waals surface area (Å²) in [5.74, 6) is 0. The van der Waals surface area contributed by atoms with E-state index >= 15 is 0 Å². The van der Waals surface area contributed by atoms with Crippen molar-refractivity contribution in [2.24, 2.45) is 11.1 Å². The van der Waals surface area contributed by atoms with Crippen LogP contribution in [0.15, 0.2) is 0 Å². The third-order valence-electron chi connectivity index (χ3n) is 5.79. The maximum Gasteiger partial charge on any atom is 0.0224 e. The van der Waals surface area contributed by atoms with Gasteiger partial charge in [-0.3, -0.25) is 9.80 Å². The molecular weight excluding hydrogens is 222 g/mol. The Hall–Kier alpha value is -0.120. The van der Waals surface area contributed by atoms with E-state index in [1.807, 2.05) is 0 Å². The molecule has 4 unspecified atom stereocenters. The van der Waals surface area contributed by atoms with Crippen molar-refractivity contribution in [2.75, 3.05) is 26.2 Å². The summed E-state index contributed by atoms with van der Waals surface area (Å²) < 4.78 is 0. The summed E-state index contributed by atoms with van der Waals surface area (Å²) in [5.41, 5.74) is 6.72. The van der Waals surface area contributed by atoms with Gasteiger partial charge in [0, 0.05) is 37.8 Å². The number of hydrogen-bond acceptors (Lipinski definition) is 3. The smallest absolute Gasteiger partial charge is 0.0224 e. The van der Waals surface area contributed by atoms with Gasteiger partial charge in [0.05, 0.1) is 0 Å². The molecular formula is C15H29N3. The quantitative estimate of drug-likeness (QED) is 0.810. The van der Waals surface area contributed by atoms with Crippen molar-refractivity contribution in [3.63, 3.8) is 0 Å². The number of nitrogens with two attached hydrogens (primary N) is 1. The zero-order valence-corrected chi connectivity index (χ0v) is 12.1.